The van der Waals surface area contributed by atoms with Crippen molar-refractivity contribution in [2.75, 3.05) is 13.1 Å². The fraction of sp³-hybridized carbons (Fsp3) is 0.429. The lowest BCUT2D eigenvalue weighted by Gasteiger charge is -2.21. The Bertz CT molecular complexity index is 633. The van der Waals surface area contributed by atoms with Crippen LogP contribution < -0.4 is 11.1 Å². The van der Waals surface area contributed by atoms with Gasteiger partial charge < -0.3 is 11.1 Å². The van der Waals surface area contributed by atoms with Gasteiger partial charge in [0.25, 0.3) is 0 Å². The van der Waals surface area contributed by atoms with Crippen LogP contribution in [0.1, 0.15) is 50.7 Å². The first kappa shape index (κ1) is 19.0. The summed E-state index contributed by atoms with van der Waals surface area (Å²) in [6.07, 6.45) is 11.7. The zero-order valence-electron chi connectivity index (χ0n) is 15.0. The number of nitrogens with one attached hydrogen (secondary N) is 1. The molecule has 1 aliphatic heterocycles. The first-order valence-electron chi connectivity index (χ1n) is 9.12. The molecule has 4 N–H and O–H groups in total. The topological polar surface area (TPSA) is 39.7 Å². The number of rotatable bonds is 1. The van der Waals surface area contributed by atoms with Crippen LogP contribution in [0.25, 0.3) is 5.57 Å². The Morgan fingerprint density at radius 1 is 1.08 bits per heavy atom. The number of hydrogen-bond acceptors (Lipinski definition) is 1. The molecular formula is C21H30ClN2+. The lowest BCUT2D eigenvalue weighted by Crippen LogP contribution is -2.38. The Morgan fingerprint density at radius 3 is 2.54 bits per heavy atom. The molecule has 0 saturated carbocycles. The number of halogens is 1. The highest BCUT2D eigenvalue weighted by atomic mass is 35.5. The molecule has 1 heterocycles. The molecule has 0 atom stereocenters. The van der Waals surface area contributed by atoms with Crippen LogP contribution in [0.3, 0.4) is 0 Å². The largest absolute Gasteiger partial charge is 0.331 e. The van der Waals surface area contributed by atoms with Crippen LogP contribution in [-0.2, 0) is 6.42 Å². The molecule has 130 valence electrons. The van der Waals surface area contributed by atoms with Crippen molar-refractivity contribution in [3.8, 4) is 0 Å². The Labute approximate surface area is 151 Å². The number of hydrogen-bond donors (Lipinski definition) is 2. The van der Waals surface area contributed by atoms with Crippen LogP contribution >= 0.6 is 11.6 Å². The van der Waals surface area contributed by atoms with E-state index in [1.54, 1.807) is 5.57 Å². The zero-order chi connectivity index (χ0) is 17.4. The molecule has 3 heteroatoms. The number of aryl methyl sites for hydroxylation is 1. The van der Waals surface area contributed by atoms with Gasteiger partial charge in [-0.1, -0.05) is 48.7 Å². The van der Waals surface area contributed by atoms with E-state index in [1.165, 1.54) is 22.3 Å². The summed E-state index contributed by atoms with van der Waals surface area (Å²) in [5.41, 5.74) is 11.3. The Balaban J connectivity index is 0.00000100. The van der Waals surface area contributed by atoms with E-state index in [1.807, 2.05) is 26.1 Å². The molecule has 2 aliphatic rings. The SMILES string of the molecule is CC.[NH3+]/C=C\C=C1\CCc2cc(Cl)ccc2C(=C2CCNCC2)C1. The molecule has 1 saturated heterocycles. The van der Waals surface area contributed by atoms with E-state index in [-0.39, 0.29) is 0 Å². The van der Waals surface area contributed by atoms with E-state index in [0.717, 1.165) is 50.2 Å². The summed E-state index contributed by atoms with van der Waals surface area (Å²) in [6, 6.07) is 6.41. The maximum Gasteiger partial charge on any atom is 0.0909 e. The van der Waals surface area contributed by atoms with Crippen molar-refractivity contribution in [2.24, 2.45) is 0 Å². The van der Waals surface area contributed by atoms with Gasteiger partial charge in [0, 0.05) is 5.02 Å². The van der Waals surface area contributed by atoms with Gasteiger partial charge in [-0.2, -0.15) is 0 Å². The maximum atomic E-state index is 6.22. The molecule has 0 radical (unpaired) electrons. The van der Waals surface area contributed by atoms with Crippen molar-refractivity contribution in [1.29, 1.82) is 0 Å². The lowest BCUT2D eigenvalue weighted by atomic mass is 9.89. The summed E-state index contributed by atoms with van der Waals surface area (Å²) >= 11 is 6.22. The van der Waals surface area contributed by atoms with Gasteiger partial charge in [-0.05, 0) is 80.1 Å². The molecule has 0 spiro atoms. The van der Waals surface area contributed by atoms with E-state index in [4.69, 9.17) is 11.6 Å². The minimum Gasteiger partial charge on any atom is -0.331 e. The van der Waals surface area contributed by atoms with Crippen LogP contribution in [0, 0.1) is 0 Å². The Morgan fingerprint density at radius 2 is 1.83 bits per heavy atom. The average molecular weight is 346 g/mol. The van der Waals surface area contributed by atoms with Crippen molar-refractivity contribution < 1.29 is 5.73 Å². The summed E-state index contributed by atoms with van der Waals surface area (Å²) in [7, 11) is 0. The zero-order valence-corrected chi connectivity index (χ0v) is 15.8. The third-order valence-electron chi connectivity index (χ3n) is 4.61. The second-order valence-electron chi connectivity index (χ2n) is 6.06. The molecule has 3 rings (SSSR count). The van der Waals surface area contributed by atoms with E-state index < -0.39 is 0 Å². The molecule has 1 aliphatic carbocycles. The first-order valence-corrected chi connectivity index (χ1v) is 9.50. The quantitative estimate of drug-likeness (QED) is 0.721. The van der Waals surface area contributed by atoms with Gasteiger partial charge in [-0.25, -0.2) is 0 Å². The molecule has 0 aromatic heterocycles. The third-order valence-corrected chi connectivity index (χ3v) is 4.85. The highest BCUT2D eigenvalue weighted by molar-refractivity contribution is 6.30. The molecule has 1 fully saturated rings. The van der Waals surface area contributed by atoms with Crippen LogP contribution in [0.2, 0.25) is 5.02 Å². The third kappa shape index (κ3) is 4.83. The Hall–Kier alpha value is -1.35. The van der Waals surface area contributed by atoms with Crippen LogP contribution in [0.5, 0.6) is 0 Å². The Kier molecular flexibility index (Phi) is 7.77. The standard InChI is InChI=1S/C19H23ClN2.C2H6/c20-17-5-6-18-16(13-17)4-3-14(2-1-9-21)12-19(18)15-7-10-22-11-8-15;1-2/h1-2,5-6,9,13,22H,3-4,7-8,10-12,21H2;1-2H3/p+1/b9-1-,14-2-;. The predicted octanol–water partition coefficient (Wildman–Crippen LogP) is 4.52. The molecule has 2 nitrogen and oxygen atoms in total. The van der Waals surface area contributed by atoms with Crippen molar-refractivity contribution >= 4 is 17.2 Å². The van der Waals surface area contributed by atoms with Gasteiger partial charge in [0.15, 0.2) is 0 Å². The van der Waals surface area contributed by atoms with Crippen molar-refractivity contribution in [3.05, 3.63) is 63.8 Å². The summed E-state index contributed by atoms with van der Waals surface area (Å²) in [5, 5.41) is 4.30. The van der Waals surface area contributed by atoms with Gasteiger partial charge in [-0.3, -0.25) is 0 Å². The minimum absolute atomic E-state index is 0.846. The number of allylic oxidation sites excluding steroid dienone is 4. The molecule has 1 aromatic rings. The number of quaternary nitrogens is 1. The van der Waals surface area contributed by atoms with E-state index in [0.29, 0.717) is 0 Å². The molecule has 0 bridgehead atoms. The van der Waals surface area contributed by atoms with Gasteiger partial charge in [-0.15, -0.1) is 0 Å². The predicted molar refractivity (Wildman–Crippen MR) is 105 cm³/mol. The highest BCUT2D eigenvalue weighted by Crippen LogP contribution is 2.37. The first-order chi connectivity index (χ1) is 11.8. The van der Waals surface area contributed by atoms with Crippen molar-refractivity contribution in [3.63, 3.8) is 0 Å². The molecular weight excluding hydrogens is 316 g/mol. The number of piperidine rings is 1. The van der Waals surface area contributed by atoms with Gasteiger partial charge in [0.2, 0.25) is 0 Å². The minimum atomic E-state index is 0.846. The average Bonchev–Trinajstić information content (AvgIpc) is 2.81. The molecule has 24 heavy (non-hydrogen) atoms. The van der Waals surface area contributed by atoms with Gasteiger partial charge >= 0.3 is 0 Å². The number of benzene rings is 1. The molecule has 0 unspecified atom stereocenters. The van der Waals surface area contributed by atoms with E-state index >= 15 is 0 Å². The normalized spacial score (nSPS) is 19.8. The van der Waals surface area contributed by atoms with Crippen LogP contribution in [0.15, 0.2) is 47.7 Å². The summed E-state index contributed by atoms with van der Waals surface area (Å²) < 4.78 is 0. The number of fused-ring (bicyclic) bond motifs is 1. The monoisotopic (exact) mass is 345 g/mol. The lowest BCUT2D eigenvalue weighted by molar-refractivity contribution is -0.274. The fourth-order valence-electron chi connectivity index (χ4n) is 3.46. The van der Waals surface area contributed by atoms with Crippen molar-refractivity contribution in [1.82, 2.24) is 5.32 Å². The van der Waals surface area contributed by atoms with Gasteiger partial charge in [0.05, 0.1) is 6.20 Å². The maximum absolute atomic E-state index is 6.22. The second kappa shape index (κ2) is 9.83. The fourth-order valence-corrected chi connectivity index (χ4v) is 3.66. The van der Waals surface area contributed by atoms with E-state index in [9.17, 15) is 0 Å². The highest BCUT2D eigenvalue weighted by Gasteiger charge is 2.20. The van der Waals surface area contributed by atoms with Crippen LogP contribution in [0.4, 0.5) is 0 Å². The summed E-state index contributed by atoms with van der Waals surface area (Å²) in [4.78, 5) is 0. The summed E-state index contributed by atoms with van der Waals surface area (Å²) in [5.74, 6) is 0. The molecule has 1 aromatic carbocycles. The molecule has 0 amide bonds. The van der Waals surface area contributed by atoms with E-state index in [2.05, 4.69) is 35.3 Å². The van der Waals surface area contributed by atoms with Crippen molar-refractivity contribution in [2.45, 2.75) is 46.0 Å². The summed E-state index contributed by atoms with van der Waals surface area (Å²) in [6.45, 7) is 6.19. The smallest absolute Gasteiger partial charge is 0.0909 e. The van der Waals surface area contributed by atoms with Crippen LogP contribution in [-0.4, -0.2) is 13.1 Å². The second-order valence-corrected chi connectivity index (χ2v) is 6.50. The van der Waals surface area contributed by atoms with Gasteiger partial charge in [0.1, 0.15) is 0 Å².